The second-order valence-corrected chi connectivity index (χ2v) is 7.28. The number of imidazole rings is 1. The van der Waals surface area contributed by atoms with Gasteiger partial charge in [0.25, 0.3) is 0 Å². The maximum atomic E-state index is 13.0. The molecule has 2 heterocycles. The van der Waals surface area contributed by atoms with E-state index in [1.165, 1.54) is 11.8 Å². The molecule has 0 saturated heterocycles. The van der Waals surface area contributed by atoms with Crippen molar-refractivity contribution in [3.63, 3.8) is 0 Å². The summed E-state index contributed by atoms with van der Waals surface area (Å²) >= 11 is 1.36. The normalized spacial score (nSPS) is 11.0. The number of thioether (sulfide) groups is 1. The maximum Gasteiger partial charge on any atom is 0.340 e. The number of carbonyl (C=O) groups is 2. The monoisotopic (exact) mass is 397 g/mol. The van der Waals surface area contributed by atoms with Gasteiger partial charge in [-0.15, -0.1) is 6.58 Å². The number of hydrogen-bond acceptors (Lipinski definition) is 5. The van der Waals surface area contributed by atoms with Crippen molar-refractivity contribution >= 4 is 34.5 Å². The summed E-state index contributed by atoms with van der Waals surface area (Å²) in [5.41, 5.74) is 3.91. The lowest BCUT2D eigenvalue weighted by molar-refractivity contribution is 0.0522. The van der Waals surface area contributed by atoms with Crippen LogP contribution in [0.25, 0.3) is 11.0 Å². The lowest BCUT2D eigenvalue weighted by Crippen LogP contribution is -2.13. The zero-order chi connectivity index (χ0) is 20.3. The van der Waals surface area contributed by atoms with Crippen molar-refractivity contribution in [2.24, 2.45) is 0 Å². The third-order valence-corrected chi connectivity index (χ3v) is 5.37. The van der Waals surface area contributed by atoms with Gasteiger partial charge in [-0.2, -0.15) is 0 Å². The van der Waals surface area contributed by atoms with E-state index in [0.29, 0.717) is 29.1 Å². The van der Waals surface area contributed by atoms with Crippen molar-refractivity contribution in [2.45, 2.75) is 32.5 Å². The molecule has 1 aromatic carbocycles. The highest BCUT2D eigenvalue weighted by Crippen LogP contribution is 2.27. The van der Waals surface area contributed by atoms with Crippen LogP contribution >= 0.6 is 11.8 Å². The number of aromatic nitrogens is 3. The molecule has 0 aliphatic rings. The quantitative estimate of drug-likeness (QED) is 0.265. The fourth-order valence-corrected chi connectivity index (χ4v) is 4.16. The minimum Gasteiger partial charge on any atom is -0.462 e. The maximum absolute atomic E-state index is 13.0. The number of carbonyl (C=O) groups excluding carboxylic acids is 2. The minimum atomic E-state index is -0.475. The summed E-state index contributed by atoms with van der Waals surface area (Å²) in [5.74, 6) is -0.436. The highest BCUT2D eigenvalue weighted by Gasteiger charge is 2.25. The minimum absolute atomic E-state index is 0.132. The molecule has 28 heavy (non-hydrogen) atoms. The molecule has 0 spiro atoms. The average Bonchev–Trinajstić information content (AvgIpc) is 3.17. The van der Waals surface area contributed by atoms with Crippen LogP contribution in [0.15, 0.2) is 42.1 Å². The van der Waals surface area contributed by atoms with Gasteiger partial charge in [0.1, 0.15) is 0 Å². The summed E-state index contributed by atoms with van der Waals surface area (Å²) in [5, 5.41) is 0.747. The van der Waals surface area contributed by atoms with Gasteiger partial charge in [0.05, 0.1) is 34.5 Å². The van der Waals surface area contributed by atoms with Crippen LogP contribution < -0.4 is 0 Å². The van der Waals surface area contributed by atoms with Crippen LogP contribution in [-0.2, 0) is 11.3 Å². The lowest BCUT2D eigenvalue weighted by Gasteiger charge is -2.07. The van der Waals surface area contributed by atoms with E-state index in [1.807, 2.05) is 28.8 Å². The van der Waals surface area contributed by atoms with Crippen molar-refractivity contribution in [3.8, 4) is 0 Å². The van der Waals surface area contributed by atoms with E-state index in [-0.39, 0.29) is 18.1 Å². The van der Waals surface area contributed by atoms with Crippen molar-refractivity contribution in [1.82, 2.24) is 14.5 Å². The number of nitrogens with one attached hydrogen (secondary N) is 1. The molecule has 6 nitrogen and oxygen atoms in total. The van der Waals surface area contributed by atoms with Gasteiger partial charge in [0.2, 0.25) is 0 Å². The molecule has 1 N–H and O–H groups in total. The van der Waals surface area contributed by atoms with Crippen LogP contribution in [0.4, 0.5) is 0 Å². The highest BCUT2D eigenvalue weighted by atomic mass is 32.2. The summed E-state index contributed by atoms with van der Waals surface area (Å²) in [7, 11) is 0. The summed E-state index contributed by atoms with van der Waals surface area (Å²) in [6, 6.07) is 7.83. The molecule has 3 rings (SSSR count). The highest BCUT2D eigenvalue weighted by molar-refractivity contribution is 7.99. The molecule has 0 radical (unpaired) electrons. The number of ketones is 1. The number of benzene rings is 1. The van der Waals surface area contributed by atoms with Crippen LogP contribution in [0.1, 0.15) is 39.0 Å². The van der Waals surface area contributed by atoms with Crippen molar-refractivity contribution in [1.29, 1.82) is 0 Å². The van der Waals surface area contributed by atoms with E-state index >= 15 is 0 Å². The molecule has 0 unspecified atom stereocenters. The Balaban J connectivity index is 1.88. The van der Waals surface area contributed by atoms with E-state index in [2.05, 4.69) is 16.5 Å². The third-order valence-electron chi connectivity index (χ3n) is 4.40. The number of allylic oxidation sites excluding steroid dienone is 1. The number of H-pyrrole nitrogens is 1. The summed E-state index contributed by atoms with van der Waals surface area (Å²) in [6.45, 7) is 9.98. The zero-order valence-corrected chi connectivity index (χ0v) is 17.1. The van der Waals surface area contributed by atoms with Gasteiger partial charge in [-0.1, -0.05) is 30.0 Å². The topological polar surface area (TPSA) is 77.0 Å². The number of Topliss-reactive ketones (excluding diaryl/α,β-unsaturated/α-hetero) is 1. The fraction of sp³-hybridized carbons (Fsp3) is 0.286. The SMILES string of the molecule is C=CCn1c(SCC(=O)c2c(C)[nH]c(C)c2C(=O)OCC)nc2ccccc21. The van der Waals surface area contributed by atoms with E-state index in [4.69, 9.17) is 4.74 Å². The molecule has 0 fully saturated rings. The Morgan fingerprint density at radius 2 is 1.96 bits per heavy atom. The van der Waals surface area contributed by atoms with Crippen LogP contribution in [0.5, 0.6) is 0 Å². The van der Waals surface area contributed by atoms with E-state index in [9.17, 15) is 9.59 Å². The number of rotatable bonds is 8. The molecule has 0 aliphatic carbocycles. The van der Waals surface area contributed by atoms with Crippen LogP contribution in [0.3, 0.4) is 0 Å². The number of aromatic amines is 1. The number of nitrogens with zero attached hydrogens (tertiary/aromatic N) is 2. The third kappa shape index (κ3) is 3.75. The first kappa shape index (κ1) is 19.9. The van der Waals surface area contributed by atoms with Gasteiger partial charge in [0.15, 0.2) is 10.9 Å². The summed E-state index contributed by atoms with van der Waals surface area (Å²) in [4.78, 5) is 33.0. The average molecular weight is 398 g/mol. The molecule has 0 bridgehead atoms. The second kappa shape index (κ2) is 8.48. The van der Waals surface area contributed by atoms with Crippen molar-refractivity contribution in [2.75, 3.05) is 12.4 Å². The Hall–Kier alpha value is -2.80. The van der Waals surface area contributed by atoms with Crippen LogP contribution in [0, 0.1) is 13.8 Å². The largest absolute Gasteiger partial charge is 0.462 e. The fourth-order valence-electron chi connectivity index (χ4n) is 3.26. The van der Waals surface area contributed by atoms with Gasteiger partial charge >= 0.3 is 5.97 Å². The van der Waals surface area contributed by atoms with E-state index in [1.54, 1.807) is 26.8 Å². The standard InChI is InChI=1S/C21H23N3O3S/c1-5-11-24-16-10-8-7-9-15(16)23-21(24)28-12-17(25)18-13(3)22-14(4)19(18)20(26)27-6-2/h5,7-10,22H,1,6,11-12H2,2-4H3. The molecule has 0 saturated carbocycles. The smallest absolute Gasteiger partial charge is 0.340 e. The van der Waals surface area contributed by atoms with E-state index < -0.39 is 5.97 Å². The molecule has 2 aromatic heterocycles. The number of ether oxygens (including phenoxy) is 1. The first-order valence-electron chi connectivity index (χ1n) is 9.06. The zero-order valence-electron chi connectivity index (χ0n) is 16.2. The molecule has 0 aliphatic heterocycles. The number of hydrogen-bond donors (Lipinski definition) is 1. The molecule has 7 heteroatoms. The number of esters is 1. The number of para-hydroxylation sites is 2. The Bertz CT molecular complexity index is 1050. The molecule has 0 amide bonds. The molecule has 0 atom stereocenters. The Kier molecular flexibility index (Phi) is 6.04. The predicted octanol–water partition coefficient (Wildman–Crippen LogP) is 4.32. The Morgan fingerprint density at radius 1 is 1.25 bits per heavy atom. The molecule has 3 aromatic rings. The van der Waals surface area contributed by atoms with Gasteiger partial charge < -0.3 is 14.3 Å². The lowest BCUT2D eigenvalue weighted by atomic mass is 10.1. The molecular weight excluding hydrogens is 374 g/mol. The number of aryl methyl sites for hydroxylation is 2. The summed E-state index contributed by atoms with van der Waals surface area (Å²) < 4.78 is 7.15. The number of fused-ring (bicyclic) bond motifs is 1. The summed E-state index contributed by atoms with van der Waals surface area (Å²) in [6.07, 6.45) is 1.80. The van der Waals surface area contributed by atoms with Gasteiger partial charge in [-0.25, -0.2) is 9.78 Å². The van der Waals surface area contributed by atoms with Gasteiger partial charge in [-0.3, -0.25) is 4.79 Å². The Labute approximate surface area is 168 Å². The van der Waals surface area contributed by atoms with E-state index in [0.717, 1.165) is 16.2 Å². The van der Waals surface area contributed by atoms with Crippen LogP contribution in [-0.4, -0.2) is 38.6 Å². The van der Waals surface area contributed by atoms with Crippen molar-refractivity contribution < 1.29 is 14.3 Å². The molecular formula is C21H23N3O3S. The second-order valence-electron chi connectivity index (χ2n) is 6.34. The first-order chi connectivity index (χ1) is 13.5. The first-order valence-corrected chi connectivity index (χ1v) is 10.0. The Morgan fingerprint density at radius 3 is 2.68 bits per heavy atom. The van der Waals surface area contributed by atoms with Gasteiger partial charge in [-0.05, 0) is 32.9 Å². The predicted molar refractivity (Wildman–Crippen MR) is 111 cm³/mol. The molecule has 146 valence electrons. The van der Waals surface area contributed by atoms with Crippen molar-refractivity contribution in [3.05, 3.63) is 59.4 Å². The van der Waals surface area contributed by atoms with Gasteiger partial charge in [0, 0.05) is 17.9 Å². The van der Waals surface area contributed by atoms with Crippen LogP contribution in [0.2, 0.25) is 0 Å².